The second-order valence-electron chi connectivity index (χ2n) is 4.74. The second-order valence-corrected chi connectivity index (χ2v) is 4.74. The van der Waals surface area contributed by atoms with Crippen molar-refractivity contribution < 1.29 is 19.4 Å². The van der Waals surface area contributed by atoms with Crippen LogP contribution in [0.3, 0.4) is 0 Å². The minimum absolute atomic E-state index is 0.168. The molecule has 0 heterocycles. The summed E-state index contributed by atoms with van der Waals surface area (Å²) in [5.74, 6) is -0.966. The van der Waals surface area contributed by atoms with Crippen molar-refractivity contribution in [3.63, 3.8) is 0 Å². The number of ether oxygens (including phenoxy) is 1. The summed E-state index contributed by atoms with van der Waals surface area (Å²) in [5.41, 5.74) is -0.748. The number of aliphatic carboxylic acids is 1. The highest BCUT2D eigenvalue weighted by Gasteiger charge is 2.41. The summed E-state index contributed by atoms with van der Waals surface area (Å²) < 4.78 is 4.84. The van der Waals surface area contributed by atoms with Crippen LogP contribution in [-0.4, -0.2) is 50.3 Å². The normalized spacial score (nSPS) is 17.6. The molecule has 6 nitrogen and oxygen atoms in total. The summed E-state index contributed by atoms with van der Waals surface area (Å²) >= 11 is 0. The molecule has 6 heteroatoms. The van der Waals surface area contributed by atoms with Gasteiger partial charge in [-0.2, -0.15) is 0 Å². The molecule has 0 bridgehead atoms. The molecule has 1 amide bonds. The van der Waals surface area contributed by atoms with Crippen molar-refractivity contribution in [3.8, 4) is 0 Å². The predicted octanol–water partition coefficient (Wildman–Crippen LogP) is -0.0164. The van der Waals surface area contributed by atoms with E-state index >= 15 is 0 Å². The number of carbonyl (C=O) groups is 2. The summed E-state index contributed by atoms with van der Waals surface area (Å²) in [4.78, 5) is 22.8. The Balaban J connectivity index is 2.26. The first-order valence-electron chi connectivity index (χ1n) is 6.30. The van der Waals surface area contributed by atoms with Crippen LogP contribution in [0, 0.1) is 5.41 Å². The van der Waals surface area contributed by atoms with Gasteiger partial charge in [0.25, 0.3) is 0 Å². The molecule has 0 radical (unpaired) electrons. The third kappa shape index (κ3) is 4.27. The van der Waals surface area contributed by atoms with E-state index in [9.17, 15) is 14.7 Å². The molecule has 18 heavy (non-hydrogen) atoms. The third-order valence-corrected chi connectivity index (χ3v) is 3.41. The zero-order valence-corrected chi connectivity index (χ0v) is 10.8. The Kier molecular flexibility index (Phi) is 6.07. The van der Waals surface area contributed by atoms with E-state index in [1.54, 1.807) is 7.11 Å². The minimum atomic E-state index is -0.798. The van der Waals surface area contributed by atoms with Gasteiger partial charge < -0.3 is 20.5 Å². The van der Waals surface area contributed by atoms with Gasteiger partial charge >= 0.3 is 5.97 Å². The van der Waals surface area contributed by atoms with Crippen LogP contribution in [0.1, 0.15) is 25.7 Å². The van der Waals surface area contributed by atoms with Crippen molar-refractivity contribution in [2.75, 3.05) is 33.4 Å². The lowest BCUT2D eigenvalue weighted by Gasteiger charge is -2.23. The Morgan fingerprint density at radius 3 is 2.56 bits per heavy atom. The first-order chi connectivity index (χ1) is 8.60. The van der Waals surface area contributed by atoms with Gasteiger partial charge in [-0.1, -0.05) is 12.8 Å². The SMILES string of the molecule is COCCNCC(=O)NCC1(C(=O)O)CCCC1. The van der Waals surface area contributed by atoms with Gasteiger partial charge in [-0.15, -0.1) is 0 Å². The fraction of sp³-hybridized carbons (Fsp3) is 0.833. The maximum Gasteiger partial charge on any atom is 0.311 e. The Morgan fingerprint density at radius 1 is 1.33 bits per heavy atom. The fourth-order valence-electron chi connectivity index (χ4n) is 2.22. The summed E-state index contributed by atoms with van der Waals surface area (Å²) in [6, 6.07) is 0. The van der Waals surface area contributed by atoms with Gasteiger partial charge in [0.05, 0.1) is 18.6 Å². The summed E-state index contributed by atoms with van der Waals surface area (Å²) in [6.45, 7) is 1.58. The van der Waals surface area contributed by atoms with Crippen molar-refractivity contribution in [2.45, 2.75) is 25.7 Å². The van der Waals surface area contributed by atoms with Crippen LogP contribution in [0.5, 0.6) is 0 Å². The van der Waals surface area contributed by atoms with Crippen molar-refractivity contribution in [3.05, 3.63) is 0 Å². The molecule has 104 valence electrons. The average Bonchev–Trinajstić information content (AvgIpc) is 2.82. The Bertz CT molecular complexity index is 288. The number of carboxylic acid groups (broad SMARTS) is 1. The molecule has 1 fully saturated rings. The number of carboxylic acids is 1. The molecule has 0 unspecified atom stereocenters. The Morgan fingerprint density at radius 2 is 2.00 bits per heavy atom. The molecule has 0 aliphatic heterocycles. The number of hydrogen-bond donors (Lipinski definition) is 3. The Labute approximate surface area is 107 Å². The molecule has 0 spiro atoms. The first-order valence-corrected chi connectivity index (χ1v) is 6.30. The average molecular weight is 258 g/mol. The smallest absolute Gasteiger partial charge is 0.311 e. The highest BCUT2D eigenvalue weighted by molar-refractivity contribution is 5.80. The topological polar surface area (TPSA) is 87.7 Å². The fourth-order valence-corrected chi connectivity index (χ4v) is 2.22. The monoisotopic (exact) mass is 258 g/mol. The van der Waals surface area contributed by atoms with Crippen molar-refractivity contribution in [1.29, 1.82) is 0 Å². The Hall–Kier alpha value is -1.14. The first kappa shape index (κ1) is 14.9. The third-order valence-electron chi connectivity index (χ3n) is 3.41. The summed E-state index contributed by atoms with van der Waals surface area (Å²) in [5, 5.41) is 14.9. The standard InChI is InChI=1S/C12H22N2O4/c1-18-7-6-13-8-10(15)14-9-12(11(16)17)4-2-3-5-12/h13H,2-9H2,1H3,(H,14,15)(H,16,17). The van der Waals surface area contributed by atoms with Gasteiger partial charge in [0.1, 0.15) is 0 Å². The highest BCUT2D eigenvalue weighted by atomic mass is 16.5. The van der Waals surface area contributed by atoms with Crippen molar-refractivity contribution in [2.24, 2.45) is 5.41 Å². The minimum Gasteiger partial charge on any atom is -0.481 e. The van der Waals surface area contributed by atoms with E-state index in [1.165, 1.54) is 0 Å². The number of carbonyl (C=O) groups excluding carboxylic acids is 1. The van der Waals surface area contributed by atoms with Gasteiger partial charge in [-0.25, -0.2) is 0 Å². The highest BCUT2D eigenvalue weighted by Crippen LogP contribution is 2.37. The molecular weight excluding hydrogens is 236 g/mol. The van der Waals surface area contributed by atoms with E-state index in [4.69, 9.17) is 4.74 Å². The quantitative estimate of drug-likeness (QED) is 0.533. The zero-order valence-electron chi connectivity index (χ0n) is 10.8. The lowest BCUT2D eigenvalue weighted by atomic mass is 9.86. The number of amides is 1. The second kappa shape index (κ2) is 7.33. The predicted molar refractivity (Wildman–Crippen MR) is 66.3 cm³/mol. The van der Waals surface area contributed by atoms with Crippen LogP contribution in [-0.2, 0) is 14.3 Å². The van der Waals surface area contributed by atoms with Crippen LogP contribution in [0.2, 0.25) is 0 Å². The summed E-state index contributed by atoms with van der Waals surface area (Å²) in [7, 11) is 1.60. The molecular formula is C12H22N2O4. The largest absolute Gasteiger partial charge is 0.481 e. The lowest BCUT2D eigenvalue weighted by molar-refractivity contribution is -0.148. The van der Waals surface area contributed by atoms with Crippen LogP contribution in [0.25, 0.3) is 0 Å². The molecule has 1 saturated carbocycles. The molecule has 0 aromatic rings. The van der Waals surface area contributed by atoms with E-state index in [1.807, 2.05) is 0 Å². The summed E-state index contributed by atoms with van der Waals surface area (Å²) in [6.07, 6.45) is 3.15. The van der Waals surface area contributed by atoms with E-state index in [0.29, 0.717) is 26.0 Å². The lowest BCUT2D eigenvalue weighted by Crippen LogP contribution is -2.44. The van der Waals surface area contributed by atoms with Crippen molar-refractivity contribution in [1.82, 2.24) is 10.6 Å². The maximum atomic E-state index is 11.5. The molecule has 3 N–H and O–H groups in total. The van der Waals surface area contributed by atoms with Gasteiger partial charge in [0, 0.05) is 20.2 Å². The molecule has 0 aromatic carbocycles. The van der Waals surface area contributed by atoms with Gasteiger partial charge in [0.15, 0.2) is 0 Å². The maximum absolute atomic E-state index is 11.5. The van der Waals surface area contributed by atoms with Gasteiger partial charge in [-0.3, -0.25) is 9.59 Å². The van der Waals surface area contributed by atoms with E-state index < -0.39 is 11.4 Å². The molecule has 1 rings (SSSR count). The van der Waals surface area contributed by atoms with Crippen LogP contribution in [0.4, 0.5) is 0 Å². The molecule has 1 aliphatic rings. The van der Waals surface area contributed by atoms with Crippen LogP contribution in [0.15, 0.2) is 0 Å². The number of methoxy groups -OCH3 is 1. The number of nitrogens with one attached hydrogen (secondary N) is 2. The van der Waals surface area contributed by atoms with E-state index in [2.05, 4.69) is 10.6 Å². The molecule has 0 aromatic heterocycles. The van der Waals surface area contributed by atoms with Crippen molar-refractivity contribution >= 4 is 11.9 Å². The van der Waals surface area contributed by atoms with Crippen LogP contribution >= 0.6 is 0 Å². The van der Waals surface area contributed by atoms with Gasteiger partial charge in [0.2, 0.25) is 5.91 Å². The number of hydrogen-bond acceptors (Lipinski definition) is 4. The molecule has 0 atom stereocenters. The van der Waals surface area contributed by atoms with E-state index in [0.717, 1.165) is 12.8 Å². The van der Waals surface area contributed by atoms with Gasteiger partial charge in [-0.05, 0) is 12.8 Å². The molecule has 0 saturated heterocycles. The zero-order chi connectivity index (χ0) is 13.4. The van der Waals surface area contributed by atoms with E-state index in [-0.39, 0.29) is 19.0 Å². The number of rotatable bonds is 8. The van der Waals surface area contributed by atoms with Crippen LogP contribution < -0.4 is 10.6 Å². The molecule has 1 aliphatic carbocycles.